The molecular weight excluding hydrogens is 470 g/mol. The fourth-order valence-corrected chi connectivity index (χ4v) is 5.14. The summed E-state index contributed by atoms with van der Waals surface area (Å²) < 4.78 is 0. The quantitative estimate of drug-likeness (QED) is 0.127. The Morgan fingerprint density at radius 2 is 1.89 bits per heavy atom. The van der Waals surface area contributed by atoms with Crippen molar-refractivity contribution in [3.8, 4) is 0 Å². The lowest BCUT2D eigenvalue weighted by molar-refractivity contribution is -0.127. The number of likely N-dealkylation sites (tertiary alicyclic amines) is 1. The largest absolute Gasteiger partial charge is 0.395 e. The number of rotatable bonds is 12. The van der Waals surface area contributed by atoms with Gasteiger partial charge in [-0.15, -0.1) is 0 Å². The van der Waals surface area contributed by atoms with Crippen LogP contribution >= 0.6 is 11.8 Å². The van der Waals surface area contributed by atoms with E-state index in [0.29, 0.717) is 30.2 Å². The maximum atomic E-state index is 12.8. The third-order valence-electron chi connectivity index (χ3n) is 5.82. The summed E-state index contributed by atoms with van der Waals surface area (Å²) in [6, 6.07) is 7.12. The number of hydrazine groups is 1. The van der Waals surface area contributed by atoms with Crippen molar-refractivity contribution in [2.75, 3.05) is 57.7 Å². The van der Waals surface area contributed by atoms with E-state index in [2.05, 4.69) is 26.4 Å². The summed E-state index contributed by atoms with van der Waals surface area (Å²) in [5.41, 5.74) is 12.3. The lowest BCUT2D eigenvalue weighted by Gasteiger charge is -2.16. The Morgan fingerprint density at radius 1 is 1.17 bits per heavy atom. The maximum Gasteiger partial charge on any atom is 0.283 e. The summed E-state index contributed by atoms with van der Waals surface area (Å²) in [4.78, 5) is 41.3. The fourth-order valence-electron chi connectivity index (χ4n) is 3.91. The van der Waals surface area contributed by atoms with E-state index >= 15 is 0 Å². The van der Waals surface area contributed by atoms with E-state index in [4.69, 9.17) is 10.8 Å². The first-order valence-corrected chi connectivity index (χ1v) is 12.8. The van der Waals surface area contributed by atoms with Gasteiger partial charge in [0.1, 0.15) is 16.0 Å². The normalized spacial score (nSPS) is 19.7. The van der Waals surface area contributed by atoms with Crippen molar-refractivity contribution in [3.63, 3.8) is 0 Å². The molecule has 2 aliphatic heterocycles. The van der Waals surface area contributed by atoms with Crippen LogP contribution in [0.25, 0.3) is 0 Å². The van der Waals surface area contributed by atoms with E-state index in [1.807, 2.05) is 19.1 Å². The molecule has 35 heavy (non-hydrogen) atoms. The summed E-state index contributed by atoms with van der Waals surface area (Å²) >= 11 is 1.24. The topological polar surface area (TPSA) is 152 Å². The molecule has 0 radical (unpaired) electrons. The molecule has 12 heteroatoms. The number of thioether (sulfide) groups is 1. The second kappa shape index (κ2) is 13.3. The molecule has 0 saturated carbocycles. The number of carbonyl (C=O) groups excluding carboxylic acids is 3. The average molecular weight is 506 g/mol. The van der Waals surface area contributed by atoms with Crippen molar-refractivity contribution in [1.82, 2.24) is 26.0 Å². The number of anilines is 1. The highest BCUT2D eigenvalue weighted by Gasteiger charge is 2.38. The Balaban J connectivity index is 1.51. The number of nitrogens with two attached hydrogens (primary N) is 1. The maximum absolute atomic E-state index is 12.8. The number of hydrogen-bond acceptors (Lipinski definition) is 9. The van der Waals surface area contributed by atoms with Crippen LogP contribution in [-0.2, 0) is 9.59 Å². The van der Waals surface area contributed by atoms with Crippen molar-refractivity contribution in [3.05, 3.63) is 40.6 Å². The van der Waals surface area contributed by atoms with Gasteiger partial charge in [0, 0.05) is 44.0 Å². The second-order valence-electron chi connectivity index (χ2n) is 8.28. The van der Waals surface area contributed by atoms with Gasteiger partial charge >= 0.3 is 0 Å². The Kier molecular flexibility index (Phi) is 10.2. The van der Waals surface area contributed by atoms with Crippen LogP contribution in [0.3, 0.4) is 0 Å². The number of aliphatic hydroxyl groups is 1. The van der Waals surface area contributed by atoms with Gasteiger partial charge in [0.05, 0.1) is 6.61 Å². The van der Waals surface area contributed by atoms with E-state index in [-0.39, 0.29) is 30.7 Å². The van der Waals surface area contributed by atoms with Gasteiger partial charge in [-0.25, -0.2) is 5.43 Å². The van der Waals surface area contributed by atoms with Crippen molar-refractivity contribution in [2.24, 2.45) is 5.73 Å². The highest BCUT2D eigenvalue weighted by Crippen LogP contribution is 2.36. The third kappa shape index (κ3) is 7.34. The molecule has 3 amide bonds. The van der Waals surface area contributed by atoms with Crippen LogP contribution in [-0.4, -0.2) is 90.3 Å². The molecule has 0 unspecified atom stereocenters. The number of benzene rings is 1. The van der Waals surface area contributed by atoms with Crippen LogP contribution in [0, 0.1) is 0 Å². The summed E-state index contributed by atoms with van der Waals surface area (Å²) in [6.07, 6.45) is 2.46. The molecule has 11 nitrogen and oxygen atoms in total. The van der Waals surface area contributed by atoms with Crippen LogP contribution in [0.5, 0.6) is 0 Å². The molecule has 0 aliphatic carbocycles. The van der Waals surface area contributed by atoms with Crippen molar-refractivity contribution >= 4 is 35.2 Å². The van der Waals surface area contributed by atoms with E-state index in [1.54, 1.807) is 12.1 Å². The lowest BCUT2D eigenvalue weighted by Crippen LogP contribution is -2.42. The molecule has 2 saturated heterocycles. The molecule has 2 aliphatic rings. The Bertz CT molecular complexity index is 919. The number of amides is 3. The summed E-state index contributed by atoms with van der Waals surface area (Å²) in [5.74, 6) is -0.795. The predicted molar refractivity (Wildman–Crippen MR) is 136 cm³/mol. The van der Waals surface area contributed by atoms with Gasteiger partial charge in [-0.2, -0.15) is 0 Å². The fraction of sp³-hybridized carbons (Fsp3) is 0.522. The molecule has 7 N–H and O–H groups in total. The van der Waals surface area contributed by atoms with Gasteiger partial charge in [-0.3, -0.25) is 19.8 Å². The Hall–Kier alpha value is -2.80. The first-order valence-electron chi connectivity index (χ1n) is 11.9. The SMILES string of the molecule is CCN1C(=O)[C@@H](CNc2ccc(C(=O)NCCN3CCCC3)cc2)S/C1=C(/N)C(=O)NNCCO. The molecule has 0 spiro atoms. The van der Waals surface area contributed by atoms with E-state index in [0.717, 1.165) is 25.3 Å². The van der Waals surface area contributed by atoms with E-state index in [9.17, 15) is 14.4 Å². The number of aliphatic hydroxyl groups excluding tert-OH is 1. The van der Waals surface area contributed by atoms with E-state index in [1.165, 1.54) is 29.5 Å². The smallest absolute Gasteiger partial charge is 0.283 e. The first-order chi connectivity index (χ1) is 16.9. The van der Waals surface area contributed by atoms with E-state index < -0.39 is 11.2 Å². The average Bonchev–Trinajstić information content (AvgIpc) is 3.50. The highest BCUT2D eigenvalue weighted by atomic mass is 32.2. The number of carbonyl (C=O) groups is 3. The minimum atomic E-state index is -0.560. The third-order valence-corrected chi connectivity index (χ3v) is 7.14. The lowest BCUT2D eigenvalue weighted by atomic mass is 10.2. The van der Waals surface area contributed by atoms with Gasteiger partial charge in [0.2, 0.25) is 5.91 Å². The van der Waals surface area contributed by atoms with Crippen LogP contribution in [0.15, 0.2) is 35.0 Å². The minimum absolute atomic E-state index is 0.0572. The number of nitrogens with one attached hydrogen (secondary N) is 4. The Morgan fingerprint density at radius 3 is 2.54 bits per heavy atom. The zero-order valence-corrected chi connectivity index (χ0v) is 20.8. The molecule has 1 aromatic carbocycles. The molecule has 1 atom stereocenters. The van der Waals surface area contributed by atoms with Crippen LogP contribution in [0.4, 0.5) is 5.69 Å². The van der Waals surface area contributed by atoms with Crippen molar-refractivity contribution in [1.29, 1.82) is 0 Å². The van der Waals surface area contributed by atoms with Crippen molar-refractivity contribution in [2.45, 2.75) is 25.0 Å². The summed E-state index contributed by atoms with van der Waals surface area (Å²) in [7, 11) is 0. The molecule has 2 heterocycles. The highest BCUT2D eigenvalue weighted by molar-refractivity contribution is 8.04. The van der Waals surface area contributed by atoms with Gasteiger partial charge in [0.15, 0.2) is 0 Å². The predicted octanol–water partition coefficient (Wildman–Crippen LogP) is -0.371. The standard InChI is InChI=1S/C23H35N7O4S/c1-2-30-22(34)18(35-23(30)19(24)21(33)28-27-10-14-31)15-26-17-7-5-16(6-8-17)20(32)25-9-13-29-11-3-4-12-29/h5-8,18,26-27,31H,2-4,9-15,24H2,1H3,(H,25,32)(H,28,33)/b23-19+/t18-/m1/s1. The van der Waals surface area contributed by atoms with Gasteiger partial charge in [-0.1, -0.05) is 11.8 Å². The van der Waals surface area contributed by atoms with Gasteiger partial charge in [0.25, 0.3) is 11.8 Å². The zero-order valence-electron chi connectivity index (χ0n) is 20.0. The Labute approximate surface area is 209 Å². The summed E-state index contributed by atoms with van der Waals surface area (Å²) in [5, 5.41) is 15.0. The molecule has 192 valence electrons. The van der Waals surface area contributed by atoms with Gasteiger partial charge < -0.3 is 31.3 Å². The number of hydrogen-bond donors (Lipinski definition) is 6. The zero-order chi connectivity index (χ0) is 25.2. The summed E-state index contributed by atoms with van der Waals surface area (Å²) in [6.45, 7) is 6.29. The number of nitrogens with zero attached hydrogens (tertiary/aromatic N) is 2. The van der Waals surface area contributed by atoms with Crippen LogP contribution < -0.4 is 27.2 Å². The second-order valence-corrected chi connectivity index (χ2v) is 9.47. The molecule has 1 aromatic rings. The molecular formula is C23H35N7O4S. The van der Waals surface area contributed by atoms with Crippen LogP contribution in [0.2, 0.25) is 0 Å². The molecule has 2 fully saturated rings. The molecule has 0 aromatic heterocycles. The monoisotopic (exact) mass is 505 g/mol. The molecule has 0 bridgehead atoms. The van der Waals surface area contributed by atoms with Crippen LogP contribution in [0.1, 0.15) is 30.1 Å². The van der Waals surface area contributed by atoms with Gasteiger partial charge in [-0.05, 0) is 57.1 Å². The first kappa shape index (κ1) is 26.8. The molecule has 3 rings (SSSR count). The minimum Gasteiger partial charge on any atom is -0.395 e. The van der Waals surface area contributed by atoms with Crippen molar-refractivity contribution < 1.29 is 19.5 Å².